The van der Waals surface area contributed by atoms with Crippen molar-refractivity contribution >= 4 is 11.0 Å². The van der Waals surface area contributed by atoms with Gasteiger partial charge in [0, 0.05) is 31.8 Å². The molecule has 0 spiro atoms. The van der Waals surface area contributed by atoms with E-state index in [1.807, 2.05) is 0 Å². The number of hydrogen-bond donors (Lipinski definition) is 3. The molecule has 0 bridgehead atoms. The first-order chi connectivity index (χ1) is 16.0. The van der Waals surface area contributed by atoms with Gasteiger partial charge in [-0.3, -0.25) is 4.68 Å². The number of benzene rings is 3. The first kappa shape index (κ1) is 19.6. The van der Waals surface area contributed by atoms with Gasteiger partial charge in [0.25, 0.3) is 0 Å². The van der Waals surface area contributed by atoms with Crippen LogP contribution >= 0.6 is 0 Å². The second-order valence-electron chi connectivity index (χ2n) is 8.23. The molecule has 0 amide bonds. The summed E-state index contributed by atoms with van der Waals surface area (Å²) >= 11 is 0. The number of nitrogens with one attached hydrogen (secondary N) is 2. The number of halogens is 2. The quantitative estimate of drug-likeness (QED) is 0.371. The molecule has 0 unspecified atom stereocenters. The fraction of sp³-hybridized carbons (Fsp3) is 0.120. The van der Waals surface area contributed by atoms with E-state index in [0.29, 0.717) is 33.9 Å². The van der Waals surface area contributed by atoms with Crippen LogP contribution in [0.1, 0.15) is 11.1 Å². The number of hydrogen-bond acceptors (Lipinski definition) is 4. The minimum Gasteiger partial charge on any atom is -0.504 e. The summed E-state index contributed by atoms with van der Waals surface area (Å²) in [6, 6.07) is 14.6. The van der Waals surface area contributed by atoms with E-state index in [1.165, 1.54) is 23.3 Å². The minimum absolute atomic E-state index is 0.00955. The highest BCUT2D eigenvalue weighted by atomic mass is 19.1. The monoisotopic (exact) mass is 443 g/mol. The largest absolute Gasteiger partial charge is 0.504 e. The van der Waals surface area contributed by atoms with Crippen LogP contribution in [-0.4, -0.2) is 24.9 Å². The molecule has 1 aliphatic heterocycles. The molecule has 0 atom stereocenters. The predicted octanol–water partition coefficient (Wildman–Crippen LogP) is 4.88. The Morgan fingerprint density at radius 2 is 1.55 bits per heavy atom. The molecular weight excluding hydrogens is 424 g/mol. The first-order valence-electron chi connectivity index (χ1n) is 10.5. The molecule has 6 nitrogen and oxygen atoms in total. The fourth-order valence-corrected chi connectivity index (χ4v) is 4.43. The maximum absolute atomic E-state index is 13.6. The van der Waals surface area contributed by atoms with Crippen molar-refractivity contribution in [3.05, 3.63) is 77.4 Å². The Hall–Kier alpha value is -4.04. The Kier molecular flexibility index (Phi) is 4.31. The van der Waals surface area contributed by atoms with Crippen LogP contribution in [0.4, 0.5) is 8.78 Å². The number of aromatic amines is 1. The highest BCUT2D eigenvalue weighted by Gasteiger charge is 2.22. The van der Waals surface area contributed by atoms with Crippen LogP contribution in [0.5, 0.6) is 5.75 Å². The molecule has 0 aliphatic carbocycles. The number of H-pyrrole nitrogens is 1. The van der Waals surface area contributed by atoms with Crippen molar-refractivity contribution in [2.45, 2.75) is 13.1 Å². The average molecular weight is 443 g/mol. The van der Waals surface area contributed by atoms with Crippen molar-refractivity contribution in [2.24, 2.45) is 7.05 Å². The van der Waals surface area contributed by atoms with Crippen LogP contribution in [0.3, 0.4) is 0 Å². The Labute approximate surface area is 187 Å². The van der Waals surface area contributed by atoms with E-state index in [0.717, 1.165) is 30.2 Å². The second-order valence-corrected chi connectivity index (χ2v) is 8.23. The van der Waals surface area contributed by atoms with Gasteiger partial charge < -0.3 is 15.4 Å². The number of nitrogens with zero attached hydrogens (tertiary/aromatic N) is 3. The number of aromatic nitrogens is 4. The molecule has 8 heteroatoms. The average Bonchev–Trinajstić information content (AvgIpc) is 3.47. The van der Waals surface area contributed by atoms with Crippen LogP contribution in [0.25, 0.3) is 44.9 Å². The topological polar surface area (TPSA) is 78.8 Å². The van der Waals surface area contributed by atoms with E-state index < -0.39 is 11.6 Å². The molecule has 33 heavy (non-hydrogen) atoms. The number of imidazole rings is 1. The number of fused-ring (bicyclic) bond motifs is 2. The molecule has 164 valence electrons. The van der Waals surface area contributed by atoms with Crippen LogP contribution in [0.2, 0.25) is 0 Å². The zero-order valence-electron chi connectivity index (χ0n) is 17.7. The fourth-order valence-electron chi connectivity index (χ4n) is 4.43. The second kappa shape index (κ2) is 7.25. The third-order valence-corrected chi connectivity index (χ3v) is 6.03. The van der Waals surface area contributed by atoms with E-state index in [-0.39, 0.29) is 5.75 Å². The summed E-state index contributed by atoms with van der Waals surface area (Å²) in [7, 11) is 1.75. The lowest BCUT2D eigenvalue weighted by Crippen LogP contribution is -1.99. The summed E-state index contributed by atoms with van der Waals surface area (Å²) in [6.45, 7) is 1.66. The van der Waals surface area contributed by atoms with E-state index >= 15 is 0 Å². The molecule has 2 aromatic heterocycles. The van der Waals surface area contributed by atoms with Gasteiger partial charge in [-0.05, 0) is 46.5 Å². The van der Waals surface area contributed by atoms with Gasteiger partial charge in [-0.25, -0.2) is 13.8 Å². The molecule has 3 N–H and O–H groups in total. The lowest BCUT2D eigenvalue weighted by Gasteiger charge is -2.04. The van der Waals surface area contributed by atoms with E-state index in [1.54, 1.807) is 36.0 Å². The smallest absolute Gasteiger partial charge is 0.173 e. The third kappa shape index (κ3) is 3.27. The van der Waals surface area contributed by atoms with Gasteiger partial charge in [0.2, 0.25) is 0 Å². The molecule has 0 saturated carbocycles. The lowest BCUT2D eigenvalue weighted by atomic mass is 10.0. The van der Waals surface area contributed by atoms with Crippen LogP contribution in [0, 0.1) is 11.6 Å². The van der Waals surface area contributed by atoms with Gasteiger partial charge in [0.15, 0.2) is 11.6 Å². The van der Waals surface area contributed by atoms with Gasteiger partial charge >= 0.3 is 0 Å². The standard InChI is InChI=1S/C25H19F2N5O/c1-32-23(25-29-20-8-16-11-28-12-17(16)9-21(20)30-25)24(33)22(31-32)14-4-2-13(3-5-14)15-6-18(26)10-19(27)7-15/h2-10,28,33H,11-12H2,1H3,(H,29,30). The Bertz CT molecular complexity index is 1470. The van der Waals surface area contributed by atoms with Crippen molar-refractivity contribution in [2.75, 3.05) is 0 Å². The molecule has 6 rings (SSSR count). The summed E-state index contributed by atoms with van der Waals surface area (Å²) < 4.78 is 28.7. The summed E-state index contributed by atoms with van der Waals surface area (Å²) in [6.07, 6.45) is 0. The van der Waals surface area contributed by atoms with E-state index in [9.17, 15) is 13.9 Å². The van der Waals surface area contributed by atoms with Crippen molar-refractivity contribution in [1.82, 2.24) is 25.1 Å². The van der Waals surface area contributed by atoms with Gasteiger partial charge in [-0.15, -0.1) is 0 Å². The molecule has 1 aliphatic rings. The maximum Gasteiger partial charge on any atom is 0.173 e. The third-order valence-electron chi connectivity index (χ3n) is 6.03. The zero-order valence-corrected chi connectivity index (χ0v) is 17.7. The van der Waals surface area contributed by atoms with Gasteiger partial charge in [-0.2, -0.15) is 5.10 Å². The summed E-state index contributed by atoms with van der Waals surface area (Å²) in [5.74, 6) is -0.718. The van der Waals surface area contributed by atoms with Crippen LogP contribution < -0.4 is 5.32 Å². The van der Waals surface area contributed by atoms with Crippen molar-refractivity contribution in [1.29, 1.82) is 0 Å². The van der Waals surface area contributed by atoms with Crippen LogP contribution in [-0.2, 0) is 20.1 Å². The summed E-state index contributed by atoms with van der Waals surface area (Å²) in [4.78, 5) is 7.98. The number of aryl methyl sites for hydroxylation is 1. The SMILES string of the molecule is Cn1nc(-c2ccc(-c3cc(F)cc(F)c3)cc2)c(O)c1-c1nc2cc3c(cc2[nH]1)CNC3. The molecule has 3 heterocycles. The van der Waals surface area contributed by atoms with Gasteiger partial charge in [0.1, 0.15) is 23.0 Å². The minimum atomic E-state index is -0.631. The Balaban J connectivity index is 1.38. The number of aromatic hydroxyl groups is 1. The normalized spacial score (nSPS) is 13.1. The van der Waals surface area contributed by atoms with E-state index in [2.05, 4.69) is 32.5 Å². The Morgan fingerprint density at radius 1 is 0.879 bits per heavy atom. The first-order valence-corrected chi connectivity index (χ1v) is 10.5. The predicted molar refractivity (Wildman–Crippen MR) is 121 cm³/mol. The molecule has 0 fully saturated rings. The lowest BCUT2D eigenvalue weighted by molar-refractivity contribution is 0.478. The molecule has 5 aromatic rings. The van der Waals surface area contributed by atoms with Gasteiger partial charge in [-0.1, -0.05) is 24.3 Å². The molecule has 0 radical (unpaired) electrons. The molecule has 0 saturated heterocycles. The number of rotatable bonds is 3. The van der Waals surface area contributed by atoms with Crippen LogP contribution in [0.15, 0.2) is 54.6 Å². The van der Waals surface area contributed by atoms with E-state index in [4.69, 9.17) is 0 Å². The molecule has 3 aromatic carbocycles. The zero-order chi connectivity index (χ0) is 22.7. The maximum atomic E-state index is 13.6. The van der Waals surface area contributed by atoms with Crippen molar-refractivity contribution in [3.63, 3.8) is 0 Å². The van der Waals surface area contributed by atoms with Crippen molar-refractivity contribution < 1.29 is 13.9 Å². The van der Waals surface area contributed by atoms with Gasteiger partial charge in [0.05, 0.1) is 11.0 Å². The Morgan fingerprint density at radius 3 is 2.27 bits per heavy atom. The highest BCUT2D eigenvalue weighted by molar-refractivity contribution is 5.84. The molecular formula is C25H19F2N5O. The highest BCUT2D eigenvalue weighted by Crippen LogP contribution is 2.38. The summed E-state index contributed by atoms with van der Waals surface area (Å²) in [5.41, 5.74) is 6.87. The summed E-state index contributed by atoms with van der Waals surface area (Å²) in [5, 5.41) is 18.8. The van der Waals surface area contributed by atoms with Crippen molar-refractivity contribution in [3.8, 4) is 39.7 Å².